The molecule has 0 rings (SSSR count). The Balaban J connectivity index is 3.58. The molecule has 218 valence electrons. The highest BCUT2D eigenvalue weighted by Gasteiger charge is 2.06. The number of hydrogen-bond donors (Lipinski definition) is 0. The van der Waals surface area contributed by atoms with Crippen molar-refractivity contribution in [1.29, 1.82) is 0 Å². The average Bonchev–Trinajstić information content (AvgIpc) is 2.87. The molecule has 0 saturated heterocycles. The standard InChI is InChI=1S/C32H68N2S2/c1-5-7-9-11-13-15-17-19-21-29-35-31-23-25-34(28-27-33(3)4)26-24-32-36-30-22-20-18-16-14-12-10-8-6-2/h5-32H2,1-4H3. The molecule has 0 aliphatic carbocycles. The van der Waals surface area contributed by atoms with Crippen molar-refractivity contribution in [2.75, 3.05) is 63.3 Å². The Bertz CT molecular complexity index is 362. The zero-order chi connectivity index (χ0) is 26.4. The maximum Gasteiger partial charge on any atom is 0.0109 e. The van der Waals surface area contributed by atoms with Crippen molar-refractivity contribution in [3.8, 4) is 0 Å². The number of likely N-dealkylation sites (N-methyl/N-ethyl adjacent to an activating group) is 1. The Kier molecular flexibility index (Phi) is 32.4. The third-order valence-corrected chi connectivity index (χ3v) is 9.48. The van der Waals surface area contributed by atoms with Gasteiger partial charge in [-0.1, -0.05) is 117 Å². The largest absolute Gasteiger partial charge is 0.308 e. The van der Waals surface area contributed by atoms with E-state index in [4.69, 9.17) is 0 Å². The monoisotopic (exact) mass is 544 g/mol. The highest BCUT2D eigenvalue weighted by Crippen LogP contribution is 2.14. The molecular formula is C32H68N2S2. The fourth-order valence-corrected chi connectivity index (χ4v) is 6.58. The van der Waals surface area contributed by atoms with Crippen LogP contribution in [0.1, 0.15) is 142 Å². The lowest BCUT2D eigenvalue weighted by Gasteiger charge is -2.24. The van der Waals surface area contributed by atoms with Crippen LogP contribution in [0.5, 0.6) is 0 Å². The fourth-order valence-electron chi connectivity index (χ4n) is 4.69. The van der Waals surface area contributed by atoms with E-state index >= 15 is 0 Å². The molecule has 0 aliphatic heterocycles. The lowest BCUT2D eigenvalue weighted by molar-refractivity contribution is 0.242. The van der Waals surface area contributed by atoms with Crippen molar-refractivity contribution in [2.24, 2.45) is 0 Å². The minimum Gasteiger partial charge on any atom is -0.308 e. The summed E-state index contributed by atoms with van der Waals surface area (Å²) in [6.45, 7) is 9.62. The van der Waals surface area contributed by atoms with Gasteiger partial charge in [-0.15, -0.1) is 0 Å². The molecule has 0 aromatic carbocycles. The van der Waals surface area contributed by atoms with Gasteiger partial charge in [-0.3, -0.25) is 0 Å². The minimum atomic E-state index is 1.19. The fraction of sp³-hybridized carbons (Fsp3) is 1.00. The molecule has 0 saturated carbocycles. The zero-order valence-electron chi connectivity index (χ0n) is 25.5. The highest BCUT2D eigenvalue weighted by atomic mass is 32.2. The highest BCUT2D eigenvalue weighted by molar-refractivity contribution is 7.99. The van der Waals surface area contributed by atoms with E-state index in [-0.39, 0.29) is 0 Å². The molecule has 0 aromatic rings. The van der Waals surface area contributed by atoms with Crippen LogP contribution >= 0.6 is 23.5 Å². The van der Waals surface area contributed by atoms with E-state index in [9.17, 15) is 0 Å². The van der Waals surface area contributed by atoms with Crippen LogP contribution < -0.4 is 0 Å². The van der Waals surface area contributed by atoms with E-state index in [1.54, 1.807) is 0 Å². The van der Waals surface area contributed by atoms with Gasteiger partial charge >= 0.3 is 0 Å². The van der Waals surface area contributed by atoms with Gasteiger partial charge in [0.2, 0.25) is 0 Å². The lowest BCUT2D eigenvalue weighted by Crippen LogP contribution is -2.33. The van der Waals surface area contributed by atoms with Crippen LogP contribution in [0.25, 0.3) is 0 Å². The molecule has 0 aliphatic rings. The normalized spacial score (nSPS) is 11.8. The molecule has 0 radical (unpaired) electrons. The predicted octanol–water partition coefficient (Wildman–Crippen LogP) is 10.2. The molecule has 0 heterocycles. The summed E-state index contributed by atoms with van der Waals surface area (Å²) < 4.78 is 0. The average molecular weight is 545 g/mol. The predicted molar refractivity (Wildman–Crippen MR) is 173 cm³/mol. The number of hydrogen-bond acceptors (Lipinski definition) is 4. The summed E-state index contributed by atoms with van der Waals surface area (Å²) in [6, 6.07) is 0. The first-order valence-corrected chi connectivity index (χ1v) is 18.5. The first-order chi connectivity index (χ1) is 17.7. The topological polar surface area (TPSA) is 6.48 Å². The van der Waals surface area contributed by atoms with Crippen LogP contribution in [0.15, 0.2) is 0 Å². The second kappa shape index (κ2) is 31.8. The Labute approximate surface area is 238 Å². The lowest BCUT2D eigenvalue weighted by atomic mass is 10.1. The summed E-state index contributed by atoms with van der Waals surface area (Å²) in [5.41, 5.74) is 0. The van der Waals surface area contributed by atoms with Crippen molar-refractivity contribution < 1.29 is 0 Å². The second-order valence-corrected chi connectivity index (χ2v) is 13.7. The van der Waals surface area contributed by atoms with Crippen LogP contribution in [0.2, 0.25) is 0 Å². The minimum absolute atomic E-state index is 1.19. The maximum atomic E-state index is 2.73. The van der Waals surface area contributed by atoms with Gasteiger partial charge in [-0.2, -0.15) is 23.5 Å². The van der Waals surface area contributed by atoms with Gasteiger partial charge in [0.1, 0.15) is 0 Å². The molecular weight excluding hydrogens is 477 g/mol. The first kappa shape index (κ1) is 36.6. The van der Waals surface area contributed by atoms with E-state index in [1.807, 2.05) is 0 Å². The van der Waals surface area contributed by atoms with Crippen molar-refractivity contribution in [3.05, 3.63) is 0 Å². The number of unbranched alkanes of at least 4 members (excludes halogenated alkanes) is 16. The van der Waals surface area contributed by atoms with Gasteiger partial charge in [0.15, 0.2) is 0 Å². The second-order valence-electron chi connectivity index (χ2n) is 11.2. The molecule has 2 nitrogen and oxygen atoms in total. The van der Waals surface area contributed by atoms with Gasteiger partial charge in [-0.25, -0.2) is 0 Å². The van der Waals surface area contributed by atoms with E-state index in [0.29, 0.717) is 0 Å². The van der Waals surface area contributed by atoms with Crippen molar-refractivity contribution in [3.63, 3.8) is 0 Å². The molecule has 0 bridgehead atoms. The Morgan fingerprint density at radius 1 is 0.361 bits per heavy atom. The zero-order valence-corrected chi connectivity index (χ0v) is 27.1. The summed E-state index contributed by atoms with van der Waals surface area (Å²) >= 11 is 4.40. The Hall–Kier alpha value is 0.620. The summed E-state index contributed by atoms with van der Waals surface area (Å²) in [7, 11) is 4.42. The SMILES string of the molecule is CCCCCCCCCCCSCCCN(CCCSCCCCCCCCCCC)CCN(C)C. The van der Waals surface area contributed by atoms with Crippen LogP contribution in [0, 0.1) is 0 Å². The van der Waals surface area contributed by atoms with E-state index in [0.717, 1.165) is 0 Å². The maximum absolute atomic E-state index is 2.73. The van der Waals surface area contributed by atoms with Gasteiger partial charge < -0.3 is 9.80 Å². The van der Waals surface area contributed by atoms with Crippen LogP contribution in [0.4, 0.5) is 0 Å². The molecule has 0 N–H and O–H groups in total. The molecule has 0 atom stereocenters. The van der Waals surface area contributed by atoms with Gasteiger partial charge in [0, 0.05) is 13.1 Å². The molecule has 0 unspecified atom stereocenters. The molecule has 0 spiro atoms. The molecule has 4 heteroatoms. The number of thioether (sulfide) groups is 2. The summed E-state index contributed by atoms with van der Waals surface area (Å²) in [4.78, 5) is 5.07. The first-order valence-electron chi connectivity index (χ1n) is 16.2. The third kappa shape index (κ3) is 30.8. The summed E-state index contributed by atoms with van der Waals surface area (Å²) in [5.74, 6) is 5.46. The van der Waals surface area contributed by atoms with Crippen molar-refractivity contribution in [2.45, 2.75) is 142 Å². The molecule has 0 fully saturated rings. The molecule has 0 aromatic heterocycles. The quantitative estimate of drug-likeness (QED) is 0.0800. The Morgan fingerprint density at radius 3 is 1.06 bits per heavy atom. The van der Waals surface area contributed by atoms with E-state index in [1.165, 1.54) is 178 Å². The van der Waals surface area contributed by atoms with E-state index in [2.05, 4.69) is 61.3 Å². The van der Waals surface area contributed by atoms with Gasteiger partial charge in [-0.05, 0) is 75.9 Å². The molecule has 36 heavy (non-hydrogen) atoms. The smallest absolute Gasteiger partial charge is 0.0109 e. The summed E-state index contributed by atoms with van der Waals surface area (Å²) in [5, 5.41) is 0. The number of rotatable bonds is 31. The Morgan fingerprint density at radius 2 is 0.694 bits per heavy atom. The van der Waals surface area contributed by atoms with Crippen molar-refractivity contribution in [1.82, 2.24) is 9.80 Å². The number of nitrogens with zero attached hydrogens (tertiary/aromatic N) is 2. The van der Waals surface area contributed by atoms with Gasteiger partial charge in [0.05, 0.1) is 0 Å². The third-order valence-electron chi connectivity index (χ3n) is 7.17. The summed E-state index contributed by atoms with van der Waals surface area (Å²) in [6.07, 6.45) is 28.7. The van der Waals surface area contributed by atoms with E-state index < -0.39 is 0 Å². The molecule has 0 amide bonds. The van der Waals surface area contributed by atoms with Crippen molar-refractivity contribution >= 4 is 23.5 Å². The van der Waals surface area contributed by atoms with Crippen LogP contribution in [-0.4, -0.2) is 73.1 Å². The van der Waals surface area contributed by atoms with Crippen LogP contribution in [-0.2, 0) is 0 Å². The van der Waals surface area contributed by atoms with Crippen LogP contribution in [0.3, 0.4) is 0 Å². The van der Waals surface area contributed by atoms with Gasteiger partial charge in [0.25, 0.3) is 0 Å².